The Kier molecular flexibility index (Phi) is 4.54. The zero-order valence-corrected chi connectivity index (χ0v) is 14.0. The van der Waals surface area contributed by atoms with E-state index in [0.717, 1.165) is 39.0 Å². The lowest BCUT2D eigenvalue weighted by Gasteiger charge is -2.32. The number of carbonyl (C=O) groups is 1. The normalized spacial score (nSPS) is 19.6. The average Bonchev–Trinajstić information content (AvgIpc) is 3.01. The van der Waals surface area contributed by atoms with Gasteiger partial charge in [-0.2, -0.15) is 0 Å². The van der Waals surface area contributed by atoms with Gasteiger partial charge in [0.25, 0.3) is 0 Å². The Morgan fingerprint density at radius 1 is 1.21 bits per heavy atom. The van der Waals surface area contributed by atoms with Crippen LogP contribution in [-0.2, 0) is 9.53 Å². The highest BCUT2D eigenvalue weighted by atomic mass is 16.5. The minimum atomic E-state index is 0.234. The van der Waals surface area contributed by atoms with E-state index in [0.29, 0.717) is 25.0 Å². The molecule has 0 unspecified atom stereocenters. The van der Waals surface area contributed by atoms with E-state index in [1.807, 2.05) is 4.90 Å². The lowest BCUT2D eigenvalue weighted by molar-refractivity contribution is -0.134. The fourth-order valence-electron chi connectivity index (χ4n) is 3.61. The molecular weight excluding hydrogens is 302 g/mol. The highest BCUT2D eigenvalue weighted by molar-refractivity contribution is 5.80. The van der Waals surface area contributed by atoms with Crippen LogP contribution in [0.5, 0.6) is 0 Å². The predicted octanol–water partition coefficient (Wildman–Crippen LogP) is 2.25. The topological polar surface area (TPSA) is 57.4 Å². The van der Waals surface area contributed by atoms with Crippen molar-refractivity contribution < 1.29 is 9.53 Å². The quantitative estimate of drug-likeness (QED) is 0.885. The number of ether oxygens (including phenoxy) is 1. The van der Waals surface area contributed by atoms with Crippen LogP contribution in [0.4, 0.5) is 0 Å². The Morgan fingerprint density at radius 2 is 2.00 bits per heavy atom. The second-order valence-electron chi connectivity index (χ2n) is 6.87. The zero-order valence-electron chi connectivity index (χ0n) is 14.0. The van der Waals surface area contributed by atoms with Crippen molar-refractivity contribution in [3.63, 3.8) is 0 Å². The third-order valence-electron chi connectivity index (χ3n) is 5.25. The molecule has 1 aromatic carbocycles. The first-order valence-corrected chi connectivity index (χ1v) is 8.97. The number of piperidine rings is 1. The number of hydrogen-bond donors (Lipinski definition) is 2. The number of aromatic amines is 1. The van der Waals surface area contributed by atoms with Gasteiger partial charge in [0.1, 0.15) is 0 Å². The molecule has 1 aromatic heterocycles. The summed E-state index contributed by atoms with van der Waals surface area (Å²) < 4.78 is 5.65. The zero-order chi connectivity index (χ0) is 16.4. The van der Waals surface area contributed by atoms with E-state index in [4.69, 9.17) is 4.74 Å². The first-order chi connectivity index (χ1) is 11.8. The van der Waals surface area contributed by atoms with Gasteiger partial charge < -0.3 is 19.9 Å². The van der Waals surface area contributed by atoms with E-state index in [1.165, 1.54) is 16.6 Å². The number of carbonyl (C=O) groups excluding carboxylic acids is 1. The van der Waals surface area contributed by atoms with E-state index in [9.17, 15) is 4.79 Å². The van der Waals surface area contributed by atoms with Gasteiger partial charge in [-0.1, -0.05) is 18.2 Å². The molecule has 0 aliphatic carbocycles. The van der Waals surface area contributed by atoms with Crippen LogP contribution in [0.3, 0.4) is 0 Å². The molecule has 5 heteroatoms. The molecule has 0 saturated carbocycles. The number of aromatic nitrogens is 1. The number of likely N-dealkylation sites (tertiary alicyclic amines) is 1. The summed E-state index contributed by atoms with van der Waals surface area (Å²) in [4.78, 5) is 17.8. The highest BCUT2D eigenvalue weighted by Gasteiger charge is 2.25. The number of rotatable bonds is 5. The molecule has 0 bridgehead atoms. The van der Waals surface area contributed by atoms with Gasteiger partial charge in [-0.3, -0.25) is 4.79 Å². The maximum atomic E-state index is 12.3. The van der Waals surface area contributed by atoms with E-state index in [2.05, 4.69) is 40.6 Å². The summed E-state index contributed by atoms with van der Waals surface area (Å²) in [5, 5.41) is 4.44. The molecule has 4 rings (SSSR count). The molecule has 2 N–H and O–H groups in total. The third-order valence-corrected chi connectivity index (χ3v) is 5.25. The monoisotopic (exact) mass is 327 g/mol. The molecule has 2 aliphatic heterocycles. The Labute approximate surface area is 142 Å². The van der Waals surface area contributed by atoms with E-state index in [1.54, 1.807) is 0 Å². The van der Waals surface area contributed by atoms with Crippen LogP contribution in [0.25, 0.3) is 10.9 Å². The molecule has 128 valence electrons. The summed E-state index contributed by atoms with van der Waals surface area (Å²) in [5.74, 6) is 0.760. The van der Waals surface area contributed by atoms with Crippen LogP contribution in [0, 0.1) is 0 Å². The van der Waals surface area contributed by atoms with Gasteiger partial charge in [0.15, 0.2) is 0 Å². The molecule has 5 nitrogen and oxygen atoms in total. The first kappa shape index (κ1) is 15.7. The van der Waals surface area contributed by atoms with Gasteiger partial charge in [-0.15, -0.1) is 0 Å². The molecule has 0 spiro atoms. The number of fused-ring (bicyclic) bond motifs is 1. The smallest absolute Gasteiger partial charge is 0.224 e. The summed E-state index contributed by atoms with van der Waals surface area (Å²) >= 11 is 0. The molecule has 0 radical (unpaired) electrons. The molecule has 2 aromatic rings. The standard InChI is InChI=1S/C19H25N3O2/c23-19(7-10-24-16-12-20-13-16)22-8-5-14(6-9-22)18-11-15-3-1-2-4-17(15)21-18/h1-4,11,14,16,20-21H,5-10,12-13H2. The lowest BCUT2D eigenvalue weighted by Crippen LogP contribution is -2.48. The van der Waals surface area contributed by atoms with Crippen molar-refractivity contribution in [2.24, 2.45) is 0 Å². The van der Waals surface area contributed by atoms with E-state index in [-0.39, 0.29) is 5.91 Å². The largest absolute Gasteiger partial charge is 0.375 e. The summed E-state index contributed by atoms with van der Waals surface area (Å²) in [5.41, 5.74) is 2.51. The Hall–Kier alpha value is -1.85. The van der Waals surface area contributed by atoms with Crippen molar-refractivity contribution >= 4 is 16.8 Å². The van der Waals surface area contributed by atoms with Gasteiger partial charge in [0.2, 0.25) is 5.91 Å². The van der Waals surface area contributed by atoms with Gasteiger partial charge in [-0.05, 0) is 30.4 Å². The highest BCUT2D eigenvalue weighted by Crippen LogP contribution is 2.30. The van der Waals surface area contributed by atoms with Gasteiger partial charge in [0.05, 0.1) is 19.1 Å². The predicted molar refractivity (Wildman–Crippen MR) is 94.1 cm³/mol. The van der Waals surface area contributed by atoms with Crippen molar-refractivity contribution in [1.82, 2.24) is 15.2 Å². The number of amides is 1. The molecule has 24 heavy (non-hydrogen) atoms. The minimum Gasteiger partial charge on any atom is -0.375 e. The first-order valence-electron chi connectivity index (χ1n) is 8.97. The summed E-state index contributed by atoms with van der Waals surface area (Å²) in [6, 6.07) is 10.7. The average molecular weight is 327 g/mol. The molecule has 2 saturated heterocycles. The van der Waals surface area contributed by atoms with Crippen LogP contribution < -0.4 is 5.32 Å². The Bertz CT molecular complexity index is 666. The molecule has 0 atom stereocenters. The maximum absolute atomic E-state index is 12.3. The van der Waals surface area contributed by atoms with E-state index < -0.39 is 0 Å². The minimum absolute atomic E-state index is 0.234. The molecule has 2 aliphatic rings. The van der Waals surface area contributed by atoms with Gasteiger partial charge >= 0.3 is 0 Å². The van der Waals surface area contributed by atoms with Crippen LogP contribution in [0.15, 0.2) is 30.3 Å². The van der Waals surface area contributed by atoms with Crippen molar-refractivity contribution in [3.8, 4) is 0 Å². The van der Waals surface area contributed by atoms with Crippen LogP contribution >= 0.6 is 0 Å². The lowest BCUT2D eigenvalue weighted by atomic mass is 9.93. The molecule has 3 heterocycles. The van der Waals surface area contributed by atoms with Crippen LogP contribution in [0.2, 0.25) is 0 Å². The van der Waals surface area contributed by atoms with E-state index >= 15 is 0 Å². The second kappa shape index (κ2) is 6.95. The molecule has 2 fully saturated rings. The Balaban J connectivity index is 1.27. The molecule has 1 amide bonds. The third kappa shape index (κ3) is 3.32. The maximum Gasteiger partial charge on any atom is 0.224 e. The second-order valence-corrected chi connectivity index (χ2v) is 6.87. The number of nitrogens with zero attached hydrogens (tertiary/aromatic N) is 1. The number of hydrogen-bond acceptors (Lipinski definition) is 3. The number of benzene rings is 1. The summed E-state index contributed by atoms with van der Waals surface area (Å²) in [7, 11) is 0. The number of H-pyrrole nitrogens is 1. The SMILES string of the molecule is O=C(CCOC1CNC1)N1CCC(c2cc3ccccc3[nH]2)CC1. The van der Waals surface area contributed by atoms with Crippen molar-refractivity contribution in [3.05, 3.63) is 36.0 Å². The van der Waals surface area contributed by atoms with Crippen molar-refractivity contribution in [2.75, 3.05) is 32.8 Å². The fraction of sp³-hybridized carbons (Fsp3) is 0.526. The fourth-order valence-corrected chi connectivity index (χ4v) is 3.61. The molecular formula is C19H25N3O2. The summed E-state index contributed by atoms with van der Waals surface area (Å²) in [6.45, 7) is 4.09. The number of para-hydroxylation sites is 1. The number of nitrogens with one attached hydrogen (secondary N) is 2. The van der Waals surface area contributed by atoms with Gasteiger partial charge in [-0.25, -0.2) is 0 Å². The van der Waals surface area contributed by atoms with Crippen molar-refractivity contribution in [1.29, 1.82) is 0 Å². The van der Waals surface area contributed by atoms with Gasteiger partial charge in [0, 0.05) is 43.3 Å². The Morgan fingerprint density at radius 3 is 2.71 bits per heavy atom. The van der Waals surface area contributed by atoms with Crippen molar-refractivity contribution in [2.45, 2.75) is 31.3 Å². The van der Waals surface area contributed by atoms with Crippen LogP contribution in [-0.4, -0.2) is 54.7 Å². The summed E-state index contributed by atoms with van der Waals surface area (Å²) in [6.07, 6.45) is 2.89. The van der Waals surface area contributed by atoms with Crippen LogP contribution in [0.1, 0.15) is 30.9 Å².